The second kappa shape index (κ2) is 6.25. The first kappa shape index (κ1) is 14.8. The zero-order valence-corrected chi connectivity index (χ0v) is 12.6. The van der Waals surface area contributed by atoms with Crippen molar-refractivity contribution in [3.8, 4) is 0 Å². The van der Waals surface area contributed by atoms with Gasteiger partial charge in [0.15, 0.2) is 0 Å². The number of thiophene rings is 1. The number of hydrogen-bond acceptors (Lipinski definition) is 3. The van der Waals surface area contributed by atoms with Crippen molar-refractivity contribution in [3.63, 3.8) is 0 Å². The Hall–Kier alpha value is -0.580. The van der Waals surface area contributed by atoms with Crippen LogP contribution in [0.4, 0.5) is 0 Å². The van der Waals surface area contributed by atoms with Gasteiger partial charge in [-0.3, -0.25) is 4.79 Å². The van der Waals surface area contributed by atoms with Gasteiger partial charge in [0.05, 0.1) is 6.04 Å². The third kappa shape index (κ3) is 3.12. The van der Waals surface area contributed by atoms with Crippen LogP contribution in [0.15, 0.2) is 11.4 Å². The second-order valence-electron chi connectivity index (χ2n) is 5.52. The third-order valence-electron chi connectivity index (χ3n) is 4.21. The number of halogens is 1. The number of nitrogens with two attached hydrogens (primary N) is 1. The van der Waals surface area contributed by atoms with Crippen molar-refractivity contribution in [1.29, 1.82) is 0 Å². The molecule has 0 spiro atoms. The molecular formula is C14H21ClN2OS. The third-order valence-corrected chi connectivity index (χ3v) is 5.21. The van der Waals surface area contributed by atoms with Gasteiger partial charge in [-0.1, -0.05) is 0 Å². The number of rotatable bonds is 2. The summed E-state index contributed by atoms with van der Waals surface area (Å²) in [6.07, 6.45) is 6.24. The van der Waals surface area contributed by atoms with Crippen LogP contribution >= 0.6 is 23.7 Å². The smallest absolute Gasteiger partial charge is 0.223 e. The van der Waals surface area contributed by atoms with Crippen LogP contribution in [0, 0.1) is 5.92 Å². The van der Waals surface area contributed by atoms with Crippen LogP contribution in [0.2, 0.25) is 0 Å². The lowest BCUT2D eigenvalue weighted by atomic mass is 9.93. The lowest BCUT2D eigenvalue weighted by molar-refractivity contribution is -0.125. The van der Waals surface area contributed by atoms with Gasteiger partial charge < -0.3 is 11.1 Å². The summed E-state index contributed by atoms with van der Waals surface area (Å²) in [6, 6.07) is 2.64. The average molecular weight is 301 g/mol. The maximum absolute atomic E-state index is 12.2. The standard InChI is InChI=1S/C14H20N2OS.ClH/c15-10-5-4-9(8-10)14(17)16-12-2-1-3-13-11(12)6-7-18-13;/h6-7,9-10,12H,1-5,8,15H2,(H,16,17);1H. The summed E-state index contributed by atoms with van der Waals surface area (Å²) in [5, 5.41) is 5.38. The first-order chi connectivity index (χ1) is 8.74. The fourth-order valence-electron chi connectivity index (χ4n) is 3.18. The summed E-state index contributed by atoms with van der Waals surface area (Å²) >= 11 is 1.82. The molecule has 2 aliphatic carbocycles. The van der Waals surface area contributed by atoms with Crippen LogP contribution in [0.1, 0.15) is 48.6 Å². The molecule has 3 nitrogen and oxygen atoms in total. The van der Waals surface area contributed by atoms with Crippen molar-refractivity contribution in [2.45, 2.75) is 50.6 Å². The maximum atomic E-state index is 12.2. The van der Waals surface area contributed by atoms with Gasteiger partial charge in [-0.05, 0) is 55.5 Å². The molecule has 3 N–H and O–H groups in total. The molecule has 1 saturated carbocycles. The lowest BCUT2D eigenvalue weighted by Gasteiger charge is -2.25. The van der Waals surface area contributed by atoms with E-state index in [2.05, 4.69) is 16.8 Å². The van der Waals surface area contributed by atoms with E-state index < -0.39 is 0 Å². The Kier molecular flexibility index (Phi) is 4.87. The molecule has 0 aliphatic heterocycles. The van der Waals surface area contributed by atoms with E-state index >= 15 is 0 Å². The van der Waals surface area contributed by atoms with Gasteiger partial charge in [-0.25, -0.2) is 0 Å². The highest BCUT2D eigenvalue weighted by molar-refractivity contribution is 7.10. The Balaban J connectivity index is 0.00000133. The van der Waals surface area contributed by atoms with Gasteiger partial charge in [0, 0.05) is 16.8 Å². The normalized spacial score (nSPS) is 29.4. The zero-order valence-electron chi connectivity index (χ0n) is 10.9. The summed E-state index contributed by atoms with van der Waals surface area (Å²) < 4.78 is 0. The Morgan fingerprint density at radius 2 is 2.21 bits per heavy atom. The van der Waals surface area contributed by atoms with E-state index in [0.717, 1.165) is 25.7 Å². The Labute approximate surface area is 124 Å². The van der Waals surface area contributed by atoms with Crippen molar-refractivity contribution < 1.29 is 4.79 Å². The van der Waals surface area contributed by atoms with Crippen molar-refractivity contribution in [3.05, 3.63) is 21.9 Å². The minimum Gasteiger partial charge on any atom is -0.349 e. The molecular weight excluding hydrogens is 280 g/mol. The summed E-state index contributed by atoms with van der Waals surface area (Å²) in [5.74, 6) is 0.357. The lowest BCUT2D eigenvalue weighted by Crippen LogP contribution is -2.34. The van der Waals surface area contributed by atoms with E-state index in [4.69, 9.17) is 5.73 Å². The summed E-state index contributed by atoms with van der Waals surface area (Å²) in [5.41, 5.74) is 7.23. The highest BCUT2D eigenvalue weighted by atomic mass is 35.5. The highest BCUT2D eigenvalue weighted by Crippen LogP contribution is 2.34. The number of carbonyl (C=O) groups excluding carboxylic acids is 1. The molecule has 1 heterocycles. The molecule has 2 aliphatic rings. The predicted molar refractivity (Wildman–Crippen MR) is 80.7 cm³/mol. The molecule has 0 bridgehead atoms. The van der Waals surface area contributed by atoms with E-state index in [1.165, 1.54) is 23.3 Å². The molecule has 1 fully saturated rings. The topological polar surface area (TPSA) is 55.1 Å². The number of aryl methyl sites for hydroxylation is 1. The van der Waals surface area contributed by atoms with Gasteiger partial charge in [-0.15, -0.1) is 23.7 Å². The number of hydrogen-bond donors (Lipinski definition) is 2. The zero-order chi connectivity index (χ0) is 12.5. The number of nitrogens with one attached hydrogen (secondary N) is 1. The molecule has 1 aromatic heterocycles. The summed E-state index contributed by atoms with van der Waals surface area (Å²) in [4.78, 5) is 13.7. The summed E-state index contributed by atoms with van der Waals surface area (Å²) in [7, 11) is 0. The van der Waals surface area contributed by atoms with Crippen molar-refractivity contribution in [2.24, 2.45) is 11.7 Å². The van der Waals surface area contributed by atoms with Crippen LogP contribution in [-0.4, -0.2) is 11.9 Å². The number of fused-ring (bicyclic) bond motifs is 1. The fraction of sp³-hybridized carbons (Fsp3) is 0.643. The van der Waals surface area contributed by atoms with Crippen LogP contribution in [0.3, 0.4) is 0 Å². The molecule has 19 heavy (non-hydrogen) atoms. The van der Waals surface area contributed by atoms with Gasteiger partial charge >= 0.3 is 0 Å². The monoisotopic (exact) mass is 300 g/mol. The van der Waals surface area contributed by atoms with E-state index in [1.54, 1.807) is 0 Å². The molecule has 3 atom stereocenters. The minimum absolute atomic E-state index is 0. The maximum Gasteiger partial charge on any atom is 0.223 e. The summed E-state index contributed by atoms with van der Waals surface area (Å²) in [6.45, 7) is 0. The van der Waals surface area contributed by atoms with Gasteiger partial charge in [-0.2, -0.15) is 0 Å². The molecule has 1 aromatic rings. The number of amides is 1. The molecule has 3 unspecified atom stereocenters. The highest BCUT2D eigenvalue weighted by Gasteiger charge is 2.30. The van der Waals surface area contributed by atoms with Crippen LogP contribution in [0.25, 0.3) is 0 Å². The van der Waals surface area contributed by atoms with Crippen LogP contribution < -0.4 is 11.1 Å². The second-order valence-corrected chi connectivity index (χ2v) is 6.52. The van der Waals surface area contributed by atoms with Crippen molar-refractivity contribution in [2.75, 3.05) is 0 Å². The minimum atomic E-state index is 0. The van der Waals surface area contributed by atoms with Crippen LogP contribution in [0.5, 0.6) is 0 Å². The van der Waals surface area contributed by atoms with E-state index in [-0.39, 0.29) is 36.3 Å². The SMILES string of the molecule is Cl.NC1CCC(C(=O)NC2CCCc3sccc32)C1. The van der Waals surface area contributed by atoms with Gasteiger partial charge in [0.25, 0.3) is 0 Å². The van der Waals surface area contributed by atoms with Crippen molar-refractivity contribution >= 4 is 29.7 Å². The molecule has 3 rings (SSSR count). The van der Waals surface area contributed by atoms with Crippen molar-refractivity contribution in [1.82, 2.24) is 5.32 Å². The number of carbonyl (C=O) groups is 1. The molecule has 1 amide bonds. The Morgan fingerprint density at radius 1 is 1.37 bits per heavy atom. The van der Waals surface area contributed by atoms with E-state index in [0.29, 0.717) is 0 Å². The molecule has 0 radical (unpaired) electrons. The van der Waals surface area contributed by atoms with E-state index in [1.807, 2.05) is 11.3 Å². The van der Waals surface area contributed by atoms with Gasteiger partial charge in [0.2, 0.25) is 5.91 Å². The van der Waals surface area contributed by atoms with E-state index in [9.17, 15) is 4.79 Å². The molecule has 0 saturated heterocycles. The van der Waals surface area contributed by atoms with Gasteiger partial charge in [0.1, 0.15) is 0 Å². The largest absolute Gasteiger partial charge is 0.349 e. The predicted octanol–water partition coefficient (Wildman–Crippen LogP) is 2.79. The average Bonchev–Trinajstić information content (AvgIpc) is 2.97. The Bertz CT molecular complexity index is 448. The molecule has 106 valence electrons. The quantitative estimate of drug-likeness (QED) is 0.882. The Morgan fingerprint density at radius 3 is 2.95 bits per heavy atom. The van der Waals surface area contributed by atoms with Crippen LogP contribution in [-0.2, 0) is 11.2 Å². The fourth-order valence-corrected chi connectivity index (χ4v) is 4.17. The first-order valence-electron chi connectivity index (χ1n) is 6.86. The first-order valence-corrected chi connectivity index (χ1v) is 7.74. The molecule has 0 aromatic carbocycles. The molecule has 5 heteroatoms.